The smallest absolute Gasteiger partial charge is 0.0713 e. The Morgan fingerprint density at radius 1 is 0.614 bits per heavy atom. The molecule has 0 heterocycles. The standard InChI is InChI=1S/C43H39Br/c1-8-30-27(3)41(4,5)39-25-28(20-22-34(30)39)43(36(9-2)31(17-14-24-44)33-16-11-13-19-38(33)43)29-21-23-35-32-15-10-12-18-37(32)42(6,7)40(35)26-29/h8-23,25-26H,1-2,24H2,3-7H3. The summed E-state index contributed by atoms with van der Waals surface area (Å²) in [5.41, 5.74) is 17.6. The van der Waals surface area contributed by atoms with E-state index in [0.29, 0.717) is 0 Å². The first-order chi connectivity index (χ1) is 21.1. The van der Waals surface area contributed by atoms with E-state index in [0.717, 1.165) is 5.33 Å². The zero-order chi connectivity index (χ0) is 31.0. The summed E-state index contributed by atoms with van der Waals surface area (Å²) in [4.78, 5) is 0. The van der Waals surface area contributed by atoms with Crippen molar-refractivity contribution in [2.75, 3.05) is 5.33 Å². The SMILES string of the molecule is C=CC1=C(C)C(C)(C)c2cc(C3(c4ccc5c(c4)C(C)(C)c4ccccc4-5)C(C=C)=C(C=CCBr)c4ccccc43)ccc21. The minimum Gasteiger partial charge on any atom is -0.0987 e. The molecule has 0 nitrogen and oxygen atoms in total. The predicted octanol–water partition coefficient (Wildman–Crippen LogP) is 11.5. The maximum Gasteiger partial charge on any atom is 0.0713 e. The van der Waals surface area contributed by atoms with Gasteiger partial charge in [0, 0.05) is 16.2 Å². The molecule has 4 aromatic rings. The van der Waals surface area contributed by atoms with Crippen LogP contribution in [-0.2, 0) is 16.2 Å². The highest BCUT2D eigenvalue weighted by molar-refractivity contribution is 9.09. The molecule has 218 valence electrons. The van der Waals surface area contributed by atoms with E-state index in [-0.39, 0.29) is 10.8 Å². The lowest BCUT2D eigenvalue weighted by Crippen LogP contribution is -2.31. The van der Waals surface area contributed by atoms with Crippen molar-refractivity contribution in [3.63, 3.8) is 0 Å². The van der Waals surface area contributed by atoms with Crippen LogP contribution in [0, 0.1) is 0 Å². The third-order valence-electron chi connectivity index (χ3n) is 10.9. The first-order valence-electron chi connectivity index (χ1n) is 15.6. The van der Waals surface area contributed by atoms with Gasteiger partial charge in [0.2, 0.25) is 0 Å². The molecule has 0 amide bonds. The molecule has 0 aromatic heterocycles. The van der Waals surface area contributed by atoms with Gasteiger partial charge in [0.05, 0.1) is 5.41 Å². The summed E-state index contributed by atoms with van der Waals surface area (Å²) >= 11 is 3.63. The van der Waals surface area contributed by atoms with Crippen LogP contribution in [0.15, 0.2) is 134 Å². The van der Waals surface area contributed by atoms with Crippen molar-refractivity contribution < 1.29 is 0 Å². The van der Waals surface area contributed by atoms with Crippen LogP contribution in [0.5, 0.6) is 0 Å². The quantitative estimate of drug-likeness (QED) is 0.185. The molecule has 0 fully saturated rings. The predicted molar refractivity (Wildman–Crippen MR) is 193 cm³/mol. The Balaban J connectivity index is 1.59. The molecule has 0 aliphatic heterocycles. The molecule has 0 saturated carbocycles. The van der Waals surface area contributed by atoms with Crippen LogP contribution in [-0.4, -0.2) is 5.33 Å². The average Bonchev–Trinajstić information content (AvgIpc) is 3.53. The summed E-state index contributed by atoms with van der Waals surface area (Å²) in [6.07, 6.45) is 8.61. The van der Waals surface area contributed by atoms with Crippen molar-refractivity contribution in [2.24, 2.45) is 0 Å². The van der Waals surface area contributed by atoms with Crippen molar-refractivity contribution in [3.8, 4) is 11.1 Å². The van der Waals surface area contributed by atoms with E-state index in [1.165, 1.54) is 77.9 Å². The largest absolute Gasteiger partial charge is 0.0987 e. The van der Waals surface area contributed by atoms with Gasteiger partial charge < -0.3 is 0 Å². The Hall–Kier alpha value is -3.94. The summed E-state index contributed by atoms with van der Waals surface area (Å²) < 4.78 is 0. The van der Waals surface area contributed by atoms with Crippen molar-refractivity contribution in [1.82, 2.24) is 0 Å². The fraction of sp³-hybridized carbons (Fsp3) is 0.209. The molecule has 7 rings (SSSR count). The fourth-order valence-electron chi connectivity index (χ4n) is 8.40. The van der Waals surface area contributed by atoms with E-state index in [1.54, 1.807) is 0 Å². The van der Waals surface area contributed by atoms with Gasteiger partial charge in [0.25, 0.3) is 0 Å². The molecule has 0 radical (unpaired) electrons. The lowest BCUT2D eigenvalue weighted by atomic mass is 9.65. The highest BCUT2D eigenvalue weighted by Crippen LogP contribution is 2.58. The van der Waals surface area contributed by atoms with Crippen molar-refractivity contribution in [2.45, 2.75) is 50.9 Å². The van der Waals surface area contributed by atoms with Crippen LogP contribution in [0.1, 0.15) is 79.1 Å². The maximum absolute atomic E-state index is 4.48. The maximum atomic E-state index is 4.48. The summed E-state index contributed by atoms with van der Waals surface area (Å²) in [7, 11) is 0. The first-order valence-corrected chi connectivity index (χ1v) is 16.7. The minimum absolute atomic E-state index is 0.0908. The van der Waals surface area contributed by atoms with E-state index >= 15 is 0 Å². The molecule has 4 aromatic carbocycles. The van der Waals surface area contributed by atoms with Gasteiger partial charge in [0.15, 0.2) is 0 Å². The van der Waals surface area contributed by atoms with Gasteiger partial charge in [0.1, 0.15) is 0 Å². The highest BCUT2D eigenvalue weighted by atomic mass is 79.9. The number of alkyl halides is 1. The van der Waals surface area contributed by atoms with Crippen molar-refractivity contribution >= 4 is 27.1 Å². The zero-order valence-electron chi connectivity index (χ0n) is 26.4. The molecule has 0 N–H and O–H groups in total. The van der Waals surface area contributed by atoms with Gasteiger partial charge in [-0.2, -0.15) is 0 Å². The Morgan fingerprint density at radius 3 is 1.80 bits per heavy atom. The van der Waals surface area contributed by atoms with Crippen LogP contribution < -0.4 is 0 Å². The van der Waals surface area contributed by atoms with E-state index in [4.69, 9.17) is 0 Å². The zero-order valence-corrected chi connectivity index (χ0v) is 28.0. The van der Waals surface area contributed by atoms with Crippen molar-refractivity contribution in [3.05, 3.63) is 178 Å². The van der Waals surface area contributed by atoms with Crippen molar-refractivity contribution in [1.29, 1.82) is 0 Å². The Morgan fingerprint density at radius 2 is 1.16 bits per heavy atom. The van der Waals surface area contributed by atoms with E-state index in [1.807, 2.05) is 6.08 Å². The van der Waals surface area contributed by atoms with Crippen LogP contribution in [0.4, 0.5) is 0 Å². The second-order valence-electron chi connectivity index (χ2n) is 13.4. The first kappa shape index (κ1) is 28.8. The van der Waals surface area contributed by atoms with Crippen LogP contribution in [0.3, 0.4) is 0 Å². The lowest BCUT2D eigenvalue weighted by Gasteiger charge is -2.37. The fourth-order valence-corrected chi connectivity index (χ4v) is 8.59. The normalized spacial score (nSPS) is 20.5. The van der Waals surface area contributed by atoms with Crippen LogP contribution in [0.25, 0.3) is 22.3 Å². The molecular formula is C43H39Br. The summed E-state index contributed by atoms with van der Waals surface area (Å²) in [5, 5.41) is 0.795. The number of hydrogen-bond donors (Lipinski definition) is 0. The van der Waals surface area contributed by atoms with Gasteiger partial charge in [-0.1, -0.05) is 172 Å². The third-order valence-corrected chi connectivity index (χ3v) is 11.2. The molecular weight excluding hydrogens is 596 g/mol. The summed E-state index contributed by atoms with van der Waals surface area (Å²) in [6.45, 7) is 20.4. The topological polar surface area (TPSA) is 0 Å². The van der Waals surface area contributed by atoms with Gasteiger partial charge in [-0.3, -0.25) is 0 Å². The molecule has 3 aliphatic carbocycles. The summed E-state index contributed by atoms with van der Waals surface area (Å²) in [6, 6.07) is 32.3. The number of allylic oxidation sites excluding steroid dienone is 8. The Labute approximate surface area is 271 Å². The van der Waals surface area contributed by atoms with Gasteiger partial charge in [-0.05, 0) is 79.3 Å². The second kappa shape index (κ2) is 10.0. The molecule has 1 unspecified atom stereocenters. The lowest BCUT2D eigenvalue weighted by molar-refractivity contribution is 0.634. The van der Waals surface area contributed by atoms with Gasteiger partial charge in [-0.25, -0.2) is 0 Å². The van der Waals surface area contributed by atoms with Gasteiger partial charge >= 0.3 is 0 Å². The monoisotopic (exact) mass is 634 g/mol. The number of hydrogen-bond acceptors (Lipinski definition) is 0. The Bertz CT molecular complexity index is 1990. The Kier molecular flexibility index (Phi) is 6.58. The van der Waals surface area contributed by atoms with Crippen LogP contribution >= 0.6 is 15.9 Å². The van der Waals surface area contributed by atoms with Gasteiger partial charge in [-0.15, -0.1) is 0 Å². The number of rotatable bonds is 6. The van der Waals surface area contributed by atoms with E-state index in [9.17, 15) is 0 Å². The molecule has 44 heavy (non-hydrogen) atoms. The second-order valence-corrected chi connectivity index (χ2v) is 14.1. The third kappa shape index (κ3) is 3.63. The summed E-state index contributed by atoms with van der Waals surface area (Å²) in [5.74, 6) is 0. The molecule has 3 aliphatic rings. The molecule has 1 heteroatoms. The molecule has 1 atom stereocenters. The molecule has 0 bridgehead atoms. The molecule has 0 spiro atoms. The number of halogens is 1. The number of benzene rings is 4. The molecule has 0 saturated heterocycles. The minimum atomic E-state index is -0.528. The number of fused-ring (bicyclic) bond motifs is 5. The van der Waals surface area contributed by atoms with E-state index in [2.05, 4.69) is 167 Å². The van der Waals surface area contributed by atoms with Crippen LogP contribution in [0.2, 0.25) is 0 Å². The average molecular weight is 636 g/mol. The van der Waals surface area contributed by atoms with E-state index < -0.39 is 5.41 Å². The highest BCUT2D eigenvalue weighted by Gasteiger charge is 2.48.